The molecule has 0 aliphatic carbocycles. The Morgan fingerprint density at radius 1 is 0.413 bits per heavy atom. The lowest BCUT2D eigenvalue weighted by Crippen LogP contribution is -2.27. The molecule has 0 aliphatic rings. The second kappa shape index (κ2) is 50.0. The molecule has 0 atom stereocenters. The number of carboxylic acids is 3. The molecule has 0 spiro atoms. The Kier molecular flexibility index (Phi) is 41.1. The van der Waals surface area contributed by atoms with Gasteiger partial charge in [0, 0.05) is 109 Å². The maximum atomic E-state index is 12.4. The number of halogens is 6. The van der Waals surface area contributed by atoms with E-state index in [1.54, 1.807) is 76.6 Å². The van der Waals surface area contributed by atoms with Gasteiger partial charge in [-0.2, -0.15) is 0 Å². The van der Waals surface area contributed by atoms with Gasteiger partial charge >= 0.3 is 30.1 Å². The Labute approximate surface area is 747 Å². The molecule has 12 aromatic carbocycles. The third kappa shape index (κ3) is 32.8. The number of hydrogen-bond donors (Lipinski definition) is 7. The molecule has 630 valence electrons. The number of amides is 4. The van der Waals surface area contributed by atoms with E-state index in [1.165, 1.54) is 67.9 Å². The Morgan fingerprint density at radius 2 is 0.769 bits per heavy atom. The molecule has 0 saturated carbocycles. The number of hydrogen-bond acceptors (Lipinski definition) is 14. The maximum Gasteiger partial charge on any atom is 0.414 e. The summed E-state index contributed by atoms with van der Waals surface area (Å²) < 4.78 is 12.6. The highest BCUT2D eigenvalue weighted by atomic mass is 79.9. The largest absolute Gasteiger partial charge is 0.478 e. The van der Waals surface area contributed by atoms with Gasteiger partial charge in [0.2, 0.25) is 0 Å². The molecule has 0 heterocycles. The van der Waals surface area contributed by atoms with Gasteiger partial charge < -0.3 is 51.8 Å². The van der Waals surface area contributed by atoms with Gasteiger partial charge in [-0.25, -0.2) is 24.0 Å². The van der Waals surface area contributed by atoms with Crippen LogP contribution >= 0.6 is 86.9 Å². The van der Waals surface area contributed by atoms with Crippen molar-refractivity contribution in [2.24, 2.45) is 0 Å². The molecular weight excluding hydrogens is 1840 g/mol. The van der Waals surface area contributed by atoms with Gasteiger partial charge in [0.05, 0.1) is 37.8 Å². The minimum Gasteiger partial charge on any atom is -0.478 e. The molecule has 0 fully saturated rings. The molecule has 0 unspecified atom stereocenters. The molecular formula is C93H92Br4Cl2N8O14. The Hall–Kier alpha value is -12.2. The van der Waals surface area contributed by atoms with Crippen molar-refractivity contribution in [3.8, 4) is 0 Å². The van der Waals surface area contributed by atoms with Gasteiger partial charge in [0.25, 0.3) is 17.5 Å². The topological polar surface area (TPSA) is 328 Å². The number of anilines is 7. The summed E-state index contributed by atoms with van der Waals surface area (Å²) in [6, 6.07) is 77.9. The molecule has 0 saturated heterocycles. The van der Waals surface area contributed by atoms with Crippen LogP contribution in [-0.4, -0.2) is 90.3 Å². The Bertz CT molecular complexity index is 5470. The third-order valence-electron chi connectivity index (χ3n) is 17.3. The monoisotopic (exact) mass is 1930 g/mol. The van der Waals surface area contributed by atoms with Crippen molar-refractivity contribution in [2.75, 3.05) is 65.0 Å². The number of carbonyl (C=O) groups excluding carboxylic acids is 4. The van der Waals surface area contributed by atoms with Crippen molar-refractivity contribution in [1.82, 2.24) is 0 Å². The number of nitro groups is 1. The smallest absolute Gasteiger partial charge is 0.414 e. The minimum atomic E-state index is -1.14. The zero-order valence-electron chi connectivity index (χ0n) is 68.3. The third-order valence-corrected chi connectivity index (χ3v) is 23.0. The van der Waals surface area contributed by atoms with E-state index in [0.717, 1.165) is 61.0 Å². The van der Waals surface area contributed by atoms with Crippen LogP contribution in [0.15, 0.2) is 279 Å². The average Bonchev–Trinajstić information content (AvgIpc) is 0.796. The number of ether oxygens (including phenoxy) is 2. The quantitative estimate of drug-likeness (QED) is 0.0165. The number of nitrogens with two attached hydrogens (primary N) is 2. The normalized spacial score (nSPS) is 9.93. The van der Waals surface area contributed by atoms with Crippen molar-refractivity contribution < 1.29 is 63.3 Å². The lowest BCUT2D eigenvalue weighted by Gasteiger charge is -2.19. The fourth-order valence-corrected chi connectivity index (χ4v) is 12.9. The SMILES string of the molecule is CNc1ccc(C)cc1.Cc1ccc(N(C)C(=O)OCc2c(Br)c(Br)c(Br)c(Br)c2C(=O)O)cc1.Cc1ccc(N(C)C(=O)OCc2ccccc2)cc1.Cc1ccc(N(C)C(=O)c2ccccc2C(=O)O)cc1.Cc1ccc(N)cc1.Cc1ccc(N)cc1Cl.Cc1ccc(NC(=O)c2ccccc2C(=O)O)cc1.Cc1ccc([N+](=O)[O-])cc1Cl. The fourth-order valence-electron chi connectivity index (χ4n) is 10.0. The van der Waals surface area contributed by atoms with Crippen molar-refractivity contribution in [1.29, 1.82) is 0 Å². The van der Waals surface area contributed by atoms with E-state index >= 15 is 0 Å². The molecule has 22 nitrogen and oxygen atoms in total. The molecule has 0 bridgehead atoms. The predicted molar refractivity (Wildman–Crippen MR) is 500 cm³/mol. The zero-order chi connectivity index (χ0) is 89.7. The number of aryl methyl sites for hydroxylation is 8. The molecule has 121 heavy (non-hydrogen) atoms. The number of nitrogen functional groups attached to an aromatic ring is 2. The second-order valence-corrected chi connectivity index (χ2v) is 30.7. The summed E-state index contributed by atoms with van der Waals surface area (Å²) >= 11 is 24.7. The number of nitrogens with zero attached hydrogens (tertiary/aromatic N) is 4. The number of rotatable bonds is 15. The molecule has 0 aliphatic heterocycles. The number of aromatic carboxylic acids is 3. The second-order valence-electron chi connectivity index (χ2n) is 26.7. The van der Waals surface area contributed by atoms with E-state index in [4.69, 9.17) is 54.4 Å². The van der Waals surface area contributed by atoms with Gasteiger partial charge in [-0.3, -0.25) is 29.5 Å². The van der Waals surface area contributed by atoms with Crippen LogP contribution in [0.3, 0.4) is 0 Å². The van der Waals surface area contributed by atoms with E-state index < -0.39 is 34.8 Å². The maximum absolute atomic E-state index is 12.4. The summed E-state index contributed by atoms with van der Waals surface area (Å²) in [6.45, 7) is 15.8. The van der Waals surface area contributed by atoms with Crippen molar-refractivity contribution in [3.05, 3.63) is 382 Å². The van der Waals surface area contributed by atoms with Crippen molar-refractivity contribution in [2.45, 2.75) is 68.6 Å². The summed E-state index contributed by atoms with van der Waals surface area (Å²) in [5.74, 6) is -4.13. The number of nitro benzene ring substituents is 1. The first-order valence-electron chi connectivity index (χ1n) is 36.7. The summed E-state index contributed by atoms with van der Waals surface area (Å²) in [5, 5.41) is 44.8. The van der Waals surface area contributed by atoms with Crippen molar-refractivity contribution in [3.63, 3.8) is 0 Å². The summed E-state index contributed by atoms with van der Waals surface area (Å²) in [7, 11) is 6.85. The van der Waals surface area contributed by atoms with Crippen LogP contribution < -0.4 is 36.8 Å². The molecule has 12 aromatic rings. The summed E-state index contributed by atoms with van der Waals surface area (Å²) in [5.41, 5.74) is 27.0. The first-order chi connectivity index (χ1) is 57.3. The molecule has 12 rings (SSSR count). The van der Waals surface area contributed by atoms with E-state index in [1.807, 2.05) is 200 Å². The standard InChI is InChI=1S/C17H13Br4NO4.C16H15NO3.C16H17NO2.C15H13NO3.C8H11N.C7H6ClNO2.C7H8ClN.C7H9N/c1-8-3-5-9(6-4-8)22(2)17(25)26-7-10-11(16(23)24)13(19)15(21)14(20)12(10)18;1-11-7-9-12(10-8-11)17(2)15(18)13-5-3-4-6-14(13)16(19)20;1-13-8-10-15(11-9-13)17(2)16(18)19-12-14-6-4-3-5-7-14;1-10-6-8-11(9-7-10)16-14(17)12-4-2-3-5-13(12)15(18)19;1-7-3-5-8(9-2)6-4-7;1-5-2-3-6(9(10)11)4-7(5)8;1-5-2-3-6(9)4-7(5)8;1-6-2-4-7(8)5-3-6/h3-6H,7H2,1-2H3,(H,23,24);3-10H,1-2H3,(H,19,20);3-11H,12H2,1-2H3;2-9H,1H3,(H,16,17)(H,18,19);3-6,9H,1-2H3;2-4H,1H3;2-4H,9H2,1H3;2-5H,8H2,1H3. The van der Waals surface area contributed by atoms with Crippen molar-refractivity contribution >= 4 is 174 Å². The molecule has 0 aromatic heterocycles. The summed E-state index contributed by atoms with van der Waals surface area (Å²) in [4.78, 5) is 96.6. The van der Waals surface area contributed by atoms with Crippen LogP contribution in [0.1, 0.15) is 107 Å². The van der Waals surface area contributed by atoms with Gasteiger partial charge in [-0.1, -0.05) is 196 Å². The molecule has 4 amide bonds. The lowest BCUT2D eigenvalue weighted by molar-refractivity contribution is -0.384. The number of non-ortho nitro benzene ring substituents is 1. The van der Waals surface area contributed by atoms with Crippen LogP contribution in [0.25, 0.3) is 0 Å². The number of carbonyl (C=O) groups is 7. The number of benzene rings is 12. The predicted octanol–water partition coefficient (Wildman–Crippen LogP) is 24.6. The van der Waals surface area contributed by atoms with E-state index in [-0.39, 0.29) is 58.7 Å². The lowest BCUT2D eigenvalue weighted by atomic mass is 10.1. The van der Waals surface area contributed by atoms with Gasteiger partial charge in [0.1, 0.15) is 13.2 Å². The average molecular weight is 1940 g/mol. The van der Waals surface area contributed by atoms with E-state index in [0.29, 0.717) is 45.5 Å². The molecule has 0 radical (unpaired) electrons. The highest BCUT2D eigenvalue weighted by Crippen LogP contribution is 2.43. The fraction of sp³-hybridized carbons (Fsp3) is 0.151. The minimum absolute atomic E-state index is 0.00730. The summed E-state index contributed by atoms with van der Waals surface area (Å²) in [6.07, 6.45) is -0.944. The van der Waals surface area contributed by atoms with Gasteiger partial charge in [-0.15, -0.1) is 0 Å². The van der Waals surface area contributed by atoms with Gasteiger partial charge in [-0.05, 0) is 245 Å². The zero-order valence-corrected chi connectivity index (χ0v) is 76.1. The van der Waals surface area contributed by atoms with Crippen LogP contribution in [0.4, 0.5) is 55.1 Å². The van der Waals surface area contributed by atoms with E-state index in [2.05, 4.69) is 106 Å². The van der Waals surface area contributed by atoms with Crippen LogP contribution in [0.5, 0.6) is 0 Å². The highest BCUT2D eigenvalue weighted by molar-refractivity contribution is 9.15. The Morgan fingerprint density at radius 3 is 1.17 bits per heavy atom. The van der Waals surface area contributed by atoms with E-state index in [9.17, 15) is 48.8 Å². The first kappa shape index (κ1) is 99.4. The van der Waals surface area contributed by atoms with Crippen LogP contribution in [-0.2, 0) is 22.7 Å². The van der Waals surface area contributed by atoms with Crippen LogP contribution in [0, 0.1) is 65.5 Å². The Balaban J connectivity index is 0.000000253. The number of carboxylic acid groups (broad SMARTS) is 3. The number of nitrogens with one attached hydrogen (secondary N) is 2. The van der Waals surface area contributed by atoms with Crippen LogP contribution in [0.2, 0.25) is 10.0 Å². The highest BCUT2D eigenvalue weighted by Gasteiger charge is 2.26. The first-order valence-corrected chi connectivity index (χ1v) is 40.7. The van der Waals surface area contributed by atoms with Gasteiger partial charge in [0.15, 0.2) is 0 Å². The molecule has 9 N–H and O–H groups in total. The molecule has 28 heteroatoms.